The van der Waals surface area contributed by atoms with Gasteiger partial charge in [0, 0.05) is 5.56 Å². The molecule has 2 rings (SSSR count). The van der Waals surface area contributed by atoms with Crippen LogP contribution >= 0.6 is 0 Å². The van der Waals surface area contributed by atoms with E-state index in [-0.39, 0.29) is 11.6 Å². The van der Waals surface area contributed by atoms with Crippen LogP contribution in [0.2, 0.25) is 0 Å². The van der Waals surface area contributed by atoms with Crippen molar-refractivity contribution in [3.63, 3.8) is 0 Å². The maximum absolute atomic E-state index is 12.8. The van der Waals surface area contributed by atoms with Gasteiger partial charge < -0.3 is 5.11 Å². The second-order valence-corrected chi connectivity index (χ2v) is 3.71. The van der Waals surface area contributed by atoms with Gasteiger partial charge >= 0.3 is 0 Å². The zero-order chi connectivity index (χ0) is 11.5. The number of rotatable bonds is 2. The van der Waals surface area contributed by atoms with E-state index in [0.717, 1.165) is 23.1 Å². The van der Waals surface area contributed by atoms with Crippen molar-refractivity contribution < 1.29 is 9.50 Å². The molecule has 0 bridgehead atoms. The van der Waals surface area contributed by atoms with Crippen LogP contribution in [0.1, 0.15) is 12.5 Å². The average Bonchev–Trinajstić information content (AvgIpc) is 2.31. The summed E-state index contributed by atoms with van der Waals surface area (Å²) < 4.78 is 12.8. The number of aryl methyl sites for hydroxylation is 1. The fraction of sp³-hybridized carbons (Fsp3) is 0.143. The van der Waals surface area contributed by atoms with Gasteiger partial charge in [0.05, 0.1) is 0 Å². The van der Waals surface area contributed by atoms with Crippen LogP contribution in [0.5, 0.6) is 5.75 Å². The molecule has 0 aliphatic heterocycles. The molecule has 0 aliphatic rings. The van der Waals surface area contributed by atoms with E-state index < -0.39 is 0 Å². The molecule has 0 unspecified atom stereocenters. The van der Waals surface area contributed by atoms with Crippen LogP contribution in [-0.4, -0.2) is 5.11 Å². The summed E-state index contributed by atoms with van der Waals surface area (Å²) in [5.41, 5.74) is 2.73. The monoisotopic (exact) mass is 216 g/mol. The van der Waals surface area contributed by atoms with E-state index in [2.05, 4.69) is 6.92 Å². The number of phenolic OH excluding ortho intramolecular Hbond substituents is 1. The van der Waals surface area contributed by atoms with Crippen molar-refractivity contribution in [1.82, 2.24) is 0 Å². The molecule has 0 spiro atoms. The first-order chi connectivity index (χ1) is 7.70. The molecule has 0 saturated heterocycles. The van der Waals surface area contributed by atoms with Gasteiger partial charge in [-0.25, -0.2) is 4.39 Å². The summed E-state index contributed by atoms with van der Waals surface area (Å²) in [6, 6.07) is 11.6. The van der Waals surface area contributed by atoms with Crippen molar-refractivity contribution >= 4 is 0 Å². The van der Waals surface area contributed by atoms with Gasteiger partial charge in [-0.1, -0.05) is 25.1 Å². The van der Waals surface area contributed by atoms with Gasteiger partial charge in [0.1, 0.15) is 11.6 Å². The van der Waals surface area contributed by atoms with Crippen molar-refractivity contribution in [2.45, 2.75) is 13.3 Å². The summed E-state index contributed by atoms with van der Waals surface area (Å²) in [5.74, 6) is -0.0429. The Bertz CT molecular complexity index is 489. The fourth-order valence-corrected chi connectivity index (χ4v) is 1.66. The average molecular weight is 216 g/mol. The Morgan fingerprint density at radius 1 is 1.06 bits per heavy atom. The molecule has 0 atom stereocenters. The minimum Gasteiger partial charge on any atom is -0.507 e. The minimum atomic E-state index is -0.269. The summed E-state index contributed by atoms with van der Waals surface area (Å²) in [5, 5.41) is 9.76. The molecule has 82 valence electrons. The van der Waals surface area contributed by atoms with E-state index in [9.17, 15) is 9.50 Å². The normalized spacial score (nSPS) is 10.4. The molecule has 0 radical (unpaired) electrons. The van der Waals surface area contributed by atoms with Crippen LogP contribution in [0.15, 0.2) is 42.5 Å². The van der Waals surface area contributed by atoms with Gasteiger partial charge in [0.25, 0.3) is 0 Å². The Balaban J connectivity index is 2.50. The summed E-state index contributed by atoms with van der Waals surface area (Å²) in [6.45, 7) is 2.06. The fourth-order valence-electron chi connectivity index (χ4n) is 1.66. The predicted octanol–water partition coefficient (Wildman–Crippen LogP) is 3.76. The summed E-state index contributed by atoms with van der Waals surface area (Å²) >= 11 is 0. The molecule has 0 fully saturated rings. The largest absolute Gasteiger partial charge is 0.507 e. The molecule has 0 heterocycles. The van der Waals surface area contributed by atoms with Gasteiger partial charge in [-0.3, -0.25) is 0 Å². The zero-order valence-corrected chi connectivity index (χ0v) is 9.07. The molecule has 0 amide bonds. The van der Waals surface area contributed by atoms with Crippen molar-refractivity contribution in [2.24, 2.45) is 0 Å². The van der Waals surface area contributed by atoms with E-state index in [1.54, 1.807) is 18.2 Å². The number of aromatic hydroxyl groups is 1. The number of benzene rings is 2. The van der Waals surface area contributed by atoms with Crippen LogP contribution in [0.25, 0.3) is 11.1 Å². The number of hydrogen-bond acceptors (Lipinski definition) is 1. The van der Waals surface area contributed by atoms with Gasteiger partial charge in [0.2, 0.25) is 0 Å². The van der Waals surface area contributed by atoms with E-state index >= 15 is 0 Å². The van der Waals surface area contributed by atoms with Crippen LogP contribution < -0.4 is 0 Å². The molecule has 1 N–H and O–H groups in total. The second kappa shape index (κ2) is 4.35. The third kappa shape index (κ3) is 2.06. The molecule has 2 heteroatoms. The van der Waals surface area contributed by atoms with E-state index in [0.29, 0.717) is 0 Å². The third-order valence-corrected chi connectivity index (χ3v) is 2.62. The quantitative estimate of drug-likeness (QED) is 0.810. The van der Waals surface area contributed by atoms with Gasteiger partial charge in [0.15, 0.2) is 0 Å². The summed E-state index contributed by atoms with van der Waals surface area (Å²) in [6.07, 6.45) is 0.911. The first-order valence-electron chi connectivity index (χ1n) is 5.28. The molecule has 2 aromatic rings. The first-order valence-corrected chi connectivity index (χ1v) is 5.28. The van der Waals surface area contributed by atoms with Crippen molar-refractivity contribution in [1.29, 1.82) is 0 Å². The van der Waals surface area contributed by atoms with E-state index in [4.69, 9.17) is 0 Å². The zero-order valence-electron chi connectivity index (χ0n) is 9.07. The standard InChI is InChI=1S/C14H13FO/c1-2-10-3-8-14(16)13(9-10)11-4-6-12(15)7-5-11/h3-9,16H,2H2,1H3. The first kappa shape index (κ1) is 10.7. The number of hydrogen-bond donors (Lipinski definition) is 1. The highest BCUT2D eigenvalue weighted by atomic mass is 19.1. The maximum atomic E-state index is 12.8. The van der Waals surface area contributed by atoms with Gasteiger partial charge in [-0.2, -0.15) is 0 Å². The van der Waals surface area contributed by atoms with Crippen molar-refractivity contribution in [2.75, 3.05) is 0 Å². The lowest BCUT2D eigenvalue weighted by atomic mass is 10.0. The summed E-state index contributed by atoms with van der Waals surface area (Å²) in [4.78, 5) is 0. The minimum absolute atomic E-state index is 0.226. The Hall–Kier alpha value is -1.83. The lowest BCUT2D eigenvalue weighted by molar-refractivity contribution is 0.477. The van der Waals surface area contributed by atoms with Crippen LogP contribution in [0.3, 0.4) is 0 Å². The number of halogens is 1. The van der Waals surface area contributed by atoms with Crippen LogP contribution in [0.4, 0.5) is 4.39 Å². The van der Waals surface area contributed by atoms with E-state index in [1.165, 1.54) is 12.1 Å². The molecular weight excluding hydrogens is 203 g/mol. The maximum Gasteiger partial charge on any atom is 0.123 e. The Labute approximate surface area is 94.2 Å². The Morgan fingerprint density at radius 2 is 1.75 bits per heavy atom. The van der Waals surface area contributed by atoms with Crippen molar-refractivity contribution in [3.8, 4) is 16.9 Å². The smallest absolute Gasteiger partial charge is 0.123 e. The van der Waals surface area contributed by atoms with Gasteiger partial charge in [-0.05, 0) is 41.8 Å². The SMILES string of the molecule is CCc1ccc(O)c(-c2ccc(F)cc2)c1. The number of phenols is 1. The molecule has 0 aliphatic carbocycles. The molecule has 1 nitrogen and oxygen atoms in total. The Kier molecular flexibility index (Phi) is 2.91. The lowest BCUT2D eigenvalue weighted by Crippen LogP contribution is -1.84. The highest BCUT2D eigenvalue weighted by Crippen LogP contribution is 2.30. The molecule has 0 aromatic heterocycles. The van der Waals surface area contributed by atoms with Crippen LogP contribution in [0, 0.1) is 5.82 Å². The molecule has 0 saturated carbocycles. The second-order valence-electron chi connectivity index (χ2n) is 3.71. The topological polar surface area (TPSA) is 20.2 Å². The van der Waals surface area contributed by atoms with Crippen LogP contribution in [-0.2, 0) is 6.42 Å². The highest BCUT2D eigenvalue weighted by Gasteiger charge is 2.05. The lowest BCUT2D eigenvalue weighted by Gasteiger charge is -2.07. The summed E-state index contributed by atoms with van der Waals surface area (Å²) in [7, 11) is 0. The van der Waals surface area contributed by atoms with E-state index in [1.807, 2.05) is 12.1 Å². The third-order valence-electron chi connectivity index (χ3n) is 2.62. The Morgan fingerprint density at radius 3 is 2.38 bits per heavy atom. The highest BCUT2D eigenvalue weighted by molar-refractivity contribution is 5.70. The van der Waals surface area contributed by atoms with Crippen molar-refractivity contribution in [3.05, 3.63) is 53.8 Å². The molecule has 16 heavy (non-hydrogen) atoms. The molecule has 2 aromatic carbocycles. The molecular formula is C14H13FO. The predicted molar refractivity (Wildman–Crippen MR) is 62.9 cm³/mol. The van der Waals surface area contributed by atoms with Gasteiger partial charge in [-0.15, -0.1) is 0 Å².